The molecule has 1 aromatic carbocycles. The number of aryl methyl sites for hydroxylation is 2. The van der Waals surface area contributed by atoms with Gasteiger partial charge in [-0.3, -0.25) is 19.2 Å². The first-order valence-electron chi connectivity index (χ1n) is 11.1. The molecule has 0 fully saturated rings. The van der Waals surface area contributed by atoms with Gasteiger partial charge in [-0.1, -0.05) is 6.07 Å². The molecule has 0 atom stereocenters. The van der Waals surface area contributed by atoms with Crippen molar-refractivity contribution in [1.82, 2.24) is 0 Å². The second kappa shape index (κ2) is 14.3. The Kier molecular flexibility index (Phi) is 12.5. The quantitative estimate of drug-likeness (QED) is 0.257. The molecule has 33 heavy (non-hydrogen) atoms. The number of primary amides is 4. The molecular formula is C23H38N4O4P2. The summed E-state index contributed by atoms with van der Waals surface area (Å²) in [6, 6.07) is 2.17. The lowest BCUT2D eigenvalue weighted by molar-refractivity contribution is -0.118. The molecule has 8 nitrogen and oxygen atoms in total. The van der Waals surface area contributed by atoms with Crippen molar-refractivity contribution in [2.24, 2.45) is 22.9 Å². The minimum Gasteiger partial charge on any atom is -0.370 e. The zero-order chi connectivity index (χ0) is 25.1. The minimum absolute atomic E-state index is 0.298. The van der Waals surface area contributed by atoms with Crippen molar-refractivity contribution in [1.29, 1.82) is 0 Å². The fourth-order valence-corrected chi connectivity index (χ4v) is 8.91. The molecule has 0 saturated heterocycles. The van der Waals surface area contributed by atoms with Crippen molar-refractivity contribution in [3.8, 4) is 0 Å². The summed E-state index contributed by atoms with van der Waals surface area (Å²) in [7, 11) is -1.25. The average molecular weight is 497 g/mol. The highest BCUT2D eigenvalue weighted by molar-refractivity contribution is 7.57. The Morgan fingerprint density at radius 3 is 1.12 bits per heavy atom. The number of amides is 4. The fraction of sp³-hybridized carbons (Fsp3) is 0.565. The maximum atomic E-state index is 11.3. The summed E-state index contributed by atoms with van der Waals surface area (Å²) >= 11 is 0. The molecule has 4 amide bonds. The van der Waals surface area contributed by atoms with Crippen molar-refractivity contribution in [3.05, 3.63) is 33.9 Å². The van der Waals surface area contributed by atoms with Gasteiger partial charge in [0.05, 0.1) is 0 Å². The van der Waals surface area contributed by atoms with Crippen LogP contribution in [0.25, 0.3) is 0 Å². The molecule has 8 N–H and O–H groups in total. The lowest BCUT2D eigenvalue weighted by atomic mass is 9.95. The molecule has 0 heterocycles. The molecule has 0 aliphatic heterocycles. The van der Waals surface area contributed by atoms with Crippen LogP contribution < -0.4 is 22.9 Å². The van der Waals surface area contributed by atoms with Crippen LogP contribution in [-0.2, 0) is 31.5 Å². The van der Waals surface area contributed by atoms with Crippen molar-refractivity contribution in [3.63, 3.8) is 0 Å². The zero-order valence-corrected chi connectivity index (χ0v) is 21.8. The van der Waals surface area contributed by atoms with Crippen LogP contribution in [0.15, 0.2) is 6.07 Å². The maximum Gasteiger partial charge on any atom is 0.217 e. The van der Waals surface area contributed by atoms with E-state index in [1.165, 1.54) is 27.8 Å². The molecule has 10 heteroatoms. The Balaban J connectivity index is 3.19. The van der Waals surface area contributed by atoms with E-state index in [0.717, 1.165) is 12.3 Å². The number of rotatable bonds is 16. The Morgan fingerprint density at radius 2 is 0.879 bits per heavy atom. The largest absolute Gasteiger partial charge is 0.370 e. The molecule has 0 aromatic heterocycles. The van der Waals surface area contributed by atoms with Gasteiger partial charge >= 0.3 is 0 Å². The van der Waals surface area contributed by atoms with Crippen LogP contribution in [0.2, 0.25) is 0 Å². The standard InChI is InChI=1S/C23H38N4O4P2/c1-15-12-16(2)19(14-33(10-6-22(26)30)11-7-23(27)31)17(3)18(15)13-32(8-4-20(24)28)9-5-21(25)29/h12H,4-11,13-14H2,1-3H3,(H2,24,28)(H2,25,29)(H2,26,30)(H2,27,31). The summed E-state index contributed by atoms with van der Waals surface area (Å²) in [5.74, 6) is -1.35. The molecule has 0 aliphatic rings. The number of hydrogen-bond acceptors (Lipinski definition) is 4. The molecule has 1 aromatic rings. The fourth-order valence-electron chi connectivity index (χ4n) is 3.82. The first kappa shape index (κ1) is 29.0. The van der Waals surface area contributed by atoms with Gasteiger partial charge in [-0.05, 0) is 85.6 Å². The third kappa shape index (κ3) is 11.1. The number of nitrogens with two attached hydrogens (primary N) is 4. The van der Waals surface area contributed by atoms with Crippen molar-refractivity contribution in [2.75, 3.05) is 24.6 Å². The Bertz CT molecular complexity index is 774. The molecule has 0 unspecified atom stereocenters. The van der Waals surface area contributed by atoms with Crippen molar-refractivity contribution >= 4 is 39.5 Å². The van der Waals surface area contributed by atoms with Gasteiger partial charge in [0.15, 0.2) is 0 Å². The van der Waals surface area contributed by atoms with Crippen LogP contribution in [0.1, 0.15) is 53.5 Å². The van der Waals surface area contributed by atoms with E-state index in [2.05, 4.69) is 26.8 Å². The van der Waals surface area contributed by atoms with E-state index in [1.54, 1.807) is 0 Å². The van der Waals surface area contributed by atoms with Crippen molar-refractivity contribution in [2.45, 2.75) is 58.8 Å². The molecule has 1 rings (SSSR count). The van der Waals surface area contributed by atoms with E-state index >= 15 is 0 Å². The summed E-state index contributed by atoms with van der Waals surface area (Å²) in [6.45, 7) is 6.27. The smallest absolute Gasteiger partial charge is 0.217 e. The third-order valence-electron chi connectivity index (χ3n) is 5.75. The van der Waals surface area contributed by atoms with Crippen LogP contribution in [0.5, 0.6) is 0 Å². The highest BCUT2D eigenvalue weighted by Gasteiger charge is 2.20. The van der Waals surface area contributed by atoms with E-state index in [1.807, 2.05) is 0 Å². The second-order valence-corrected chi connectivity index (χ2v) is 13.6. The van der Waals surface area contributed by atoms with Gasteiger partial charge in [0.1, 0.15) is 0 Å². The number of carbonyl (C=O) groups is 4. The zero-order valence-electron chi connectivity index (χ0n) is 20.0. The summed E-state index contributed by atoms with van der Waals surface area (Å²) in [4.78, 5) is 45.4. The lowest BCUT2D eigenvalue weighted by Gasteiger charge is -2.25. The van der Waals surface area contributed by atoms with Crippen molar-refractivity contribution < 1.29 is 19.2 Å². The van der Waals surface area contributed by atoms with Gasteiger partial charge < -0.3 is 22.9 Å². The molecule has 0 bridgehead atoms. The Hall–Kier alpha value is -2.04. The average Bonchev–Trinajstić information content (AvgIpc) is 2.70. The molecule has 0 aliphatic carbocycles. The minimum atomic E-state index is -0.626. The summed E-state index contributed by atoms with van der Waals surface area (Å²) < 4.78 is 0. The number of carbonyl (C=O) groups excluding carboxylic acids is 4. The summed E-state index contributed by atoms with van der Waals surface area (Å²) in [5, 5.41) is 0. The third-order valence-corrected chi connectivity index (χ3v) is 10.7. The summed E-state index contributed by atoms with van der Waals surface area (Å²) in [5.41, 5.74) is 27.5. The Morgan fingerprint density at radius 1 is 0.606 bits per heavy atom. The highest BCUT2D eigenvalue weighted by atomic mass is 31.1. The van der Waals surface area contributed by atoms with E-state index in [0.29, 0.717) is 50.3 Å². The van der Waals surface area contributed by atoms with E-state index in [-0.39, 0.29) is 23.6 Å². The maximum absolute atomic E-state index is 11.3. The molecule has 0 radical (unpaired) electrons. The molecular weight excluding hydrogens is 458 g/mol. The number of benzene rings is 1. The van der Waals surface area contributed by atoms with E-state index in [9.17, 15) is 19.2 Å². The van der Waals surface area contributed by atoms with Gasteiger partial charge in [-0.25, -0.2) is 0 Å². The normalized spacial score (nSPS) is 11.2. The molecule has 0 saturated carbocycles. The van der Waals surface area contributed by atoms with Gasteiger partial charge in [0.2, 0.25) is 23.6 Å². The lowest BCUT2D eigenvalue weighted by Crippen LogP contribution is -2.16. The van der Waals surface area contributed by atoms with E-state index < -0.39 is 15.8 Å². The second-order valence-electron chi connectivity index (χ2n) is 8.51. The Labute approximate surface area is 199 Å². The highest BCUT2D eigenvalue weighted by Crippen LogP contribution is 2.46. The van der Waals surface area contributed by atoms with Gasteiger partial charge in [0, 0.05) is 25.7 Å². The number of hydrogen-bond donors (Lipinski definition) is 4. The molecule has 184 valence electrons. The van der Waals surface area contributed by atoms with Gasteiger partial charge in [-0.2, -0.15) is 0 Å². The van der Waals surface area contributed by atoms with Crippen LogP contribution in [-0.4, -0.2) is 48.3 Å². The van der Waals surface area contributed by atoms with Crippen LogP contribution >= 0.6 is 15.8 Å². The van der Waals surface area contributed by atoms with E-state index in [4.69, 9.17) is 22.9 Å². The van der Waals surface area contributed by atoms with Crippen LogP contribution in [0, 0.1) is 20.8 Å². The first-order valence-corrected chi connectivity index (χ1v) is 14.9. The predicted molar refractivity (Wildman–Crippen MR) is 137 cm³/mol. The monoisotopic (exact) mass is 496 g/mol. The molecule has 0 spiro atoms. The first-order chi connectivity index (χ1) is 15.4. The SMILES string of the molecule is Cc1cc(C)c(CP(CCC(N)=O)CCC(N)=O)c(C)c1CP(CCC(N)=O)CCC(N)=O. The van der Waals surface area contributed by atoms with Gasteiger partial charge in [0.25, 0.3) is 0 Å². The topological polar surface area (TPSA) is 172 Å². The summed E-state index contributed by atoms with van der Waals surface area (Å²) in [6.07, 6.45) is 5.46. The van der Waals surface area contributed by atoms with Crippen LogP contribution in [0.4, 0.5) is 0 Å². The van der Waals surface area contributed by atoms with Gasteiger partial charge in [-0.15, -0.1) is 15.8 Å². The van der Waals surface area contributed by atoms with Crippen LogP contribution in [0.3, 0.4) is 0 Å². The predicted octanol–water partition coefficient (Wildman–Crippen LogP) is 2.08.